The number of rotatable bonds is 2. The first-order valence-corrected chi connectivity index (χ1v) is 5.76. The molecule has 1 unspecified atom stereocenters. The Labute approximate surface area is 106 Å². The molecule has 0 aliphatic carbocycles. The minimum atomic E-state index is -0.741. The van der Waals surface area contributed by atoms with Crippen molar-refractivity contribution in [3.05, 3.63) is 64.2 Å². The van der Waals surface area contributed by atoms with Crippen LogP contribution in [-0.4, -0.2) is 5.11 Å². The normalized spacial score (nSPS) is 12.4. The van der Waals surface area contributed by atoms with Crippen LogP contribution in [0.4, 0.5) is 5.69 Å². The van der Waals surface area contributed by atoms with Crippen molar-refractivity contribution in [2.24, 2.45) is 0 Å². The Morgan fingerprint density at radius 1 is 1.18 bits per heavy atom. The number of aliphatic hydroxyl groups excluding tert-OH is 1. The average molecular weight is 248 g/mol. The number of halogens is 1. The molecule has 17 heavy (non-hydrogen) atoms. The summed E-state index contributed by atoms with van der Waals surface area (Å²) in [4.78, 5) is 0. The van der Waals surface area contributed by atoms with Crippen molar-refractivity contribution in [3.8, 4) is 0 Å². The van der Waals surface area contributed by atoms with Crippen LogP contribution in [0.2, 0.25) is 5.02 Å². The van der Waals surface area contributed by atoms with E-state index >= 15 is 0 Å². The van der Waals surface area contributed by atoms with Crippen LogP contribution >= 0.6 is 11.6 Å². The van der Waals surface area contributed by atoms with Crippen LogP contribution in [-0.2, 0) is 0 Å². The van der Waals surface area contributed by atoms with Gasteiger partial charge in [-0.15, -0.1) is 0 Å². The Kier molecular flexibility index (Phi) is 3.36. The zero-order valence-electron chi connectivity index (χ0n) is 9.52. The molecule has 0 radical (unpaired) electrons. The standard InChI is InChI=1S/C14H14ClNO/c1-9-6-7-10(8-12(9)15)14(17)11-4-2-3-5-13(11)16/h2-8,14,17H,16H2,1H3. The summed E-state index contributed by atoms with van der Waals surface area (Å²) in [6.07, 6.45) is -0.741. The average Bonchev–Trinajstić information content (AvgIpc) is 2.32. The fraction of sp³-hybridized carbons (Fsp3) is 0.143. The highest BCUT2D eigenvalue weighted by Crippen LogP contribution is 2.28. The number of nitrogen functional groups attached to an aromatic ring is 1. The van der Waals surface area contributed by atoms with Gasteiger partial charge in [0.2, 0.25) is 0 Å². The summed E-state index contributed by atoms with van der Waals surface area (Å²) in [5.74, 6) is 0. The molecule has 0 amide bonds. The van der Waals surface area contributed by atoms with Crippen LogP contribution < -0.4 is 5.73 Å². The molecule has 2 aromatic rings. The first-order valence-electron chi connectivity index (χ1n) is 5.38. The van der Waals surface area contributed by atoms with Gasteiger partial charge in [0.1, 0.15) is 6.10 Å². The molecule has 0 aliphatic heterocycles. The molecule has 0 spiro atoms. The van der Waals surface area contributed by atoms with E-state index in [1.54, 1.807) is 12.1 Å². The van der Waals surface area contributed by atoms with Crippen LogP contribution in [0.15, 0.2) is 42.5 Å². The second kappa shape index (κ2) is 4.78. The summed E-state index contributed by atoms with van der Waals surface area (Å²) in [6, 6.07) is 12.8. The lowest BCUT2D eigenvalue weighted by Gasteiger charge is -2.14. The zero-order chi connectivity index (χ0) is 12.4. The lowest BCUT2D eigenvalue weighted by Crippen LogP contribution is -2.03. The second-order valence-corrected chi connectivity index (χ2v) is 4.45. The number of anilines is 1. The van der Waals surface area contributed by atoms with Gasteiger partial charge in [-0.1, -0.05) is 41.9 Å². The fourth-order valence-electron chi connectivity index (χ4n) is 1.72. The van der Waals surface area contributed by atoms with Gasteiger partial charge in [-0.25, -0.2) is 0 Å². The van der Waals surface area contributed by atoms with E-state index in [1.165, 1.54) is 0 Å². The van der Waals surface area contributed by atoms with Crippen molar-refractivity contribution in [3.63, 3.8) is 0 Å². The smallest absolute Gasteiger partial charge is 0.106 e. The van der Waals surface area contributed by atoms with Crippen molar-refractivity contribution < 1.29 is 5.11 Å². The molecule has 0 aliphatic rings. The topological polar surface area (TPSA) is 46.2 Å². The van der Waals surface area contributed by atoms with E-state index in [0.717, 1.165) is 11.1 Å². The Morgan fingerprint density at radius 2 is 1.88 bits per heavy atom. The SMILES string of the molecule is Cc1ccc(C(O)c2ccccc2N)cc1Cl. The van der Waals surface area contributed by atoms with Crippen LogP contribution in [0.1, 0.15) is 22.8 Å². The van der Waals surface area contributed by atoms with Gasteiger partial charge >= 0.3 is 0 Å². The minimum absolute atomic E-state index is 0.580. The van der Waals surface area contributed by atoms with Crippen molar-refractivity contribution in [2.45, 2.75) is 13.0 Å². The summed E-state index contributed by atoms with van der Waals surface area (Å²) in [5, 5.41) is 10.9. The molecule has 0 heterocycles. The van der Waals surface area contributed by atoms with E-state index in [9.17, 15) is 5.11 Å². The number of benzene rings is 2. The quantitative estimate of drug-likeness (QED) is 0.800. The van der Waals surface area contributed by atoms with Crippen LogP contribution in [0.3, 0.4) is 0 Å². The number of para-hydroxylation sites is 1. The molecular weight excluding hydrogens is 234 g/mol. The third-order valence-corrected chi connectivity index (χ3v) is 3.21. The maximum Gasteiger partial charge on any atom is 0.106 e. The van der Waals surface area contributed by atoms with Gasteiger partial charge in [-0.3, -0.25) is 0 Å². The monoisotopic (exact) mass is 247 g/mol. The minimum Gasteiger partial charge on any atom is -0.398 e. The third kappa shape index (κ3) is 2.43. The van der Waals surface area contributed by atoms with Gasteiger partial charge in [-0.05, 0) is 30.2 Å². The van der Waals surface area contributed by atoms with Crippen LogP contribution in [0, 0.1) is 6.92 Å². The highest BCUT2D eigenvalue weighted by molar-refractivity contribution is 6.31. The second-order valence-electron chi connectivity index (χ2n) is 4.04. The van der Waals surface area contributed by atoms with Gasteiger partial charge in [0.15, 0.2) is 0 Å². The van der Waals surface area contributed by atoms with E-state index < -0.39 is 6.10 Å². The van der Waals surface area contributed by atoms with E-state index in [0.29, 0.717) is 16.3 Å². The van der Waals surface area contributed by atoms with Crippen molar-refractivity contribution in [2.75, 3.05) is 5.73 Å². The van der Waals surface area contributed by atoms with Gasteiger partial charge in [0.25, 0.3) is 0 Å². The maximum absolute atomic E-state index is 10.2. The van der Waals surface area contributed by atoms with E-state index in [1.807, 2.05) is 37.3 Å². The van der Waals surface area contributed by atoms with E-state index in [2.05, 4.69) is 0 Å². The summed E-state index contributed by atoms with van der Waals surface area (Å²) in [7, 11) is 0. The predicted octanol–water partition coefficient (Wildman–Crippen LogP) is 3.31. The fourth-order valence-corrected chi connectivity index (χ4v) is 1.91. The molecule has 3 heteroatoms. The third-order valence-electron chi connectivity index (χ3n) is 2.80. The summed E-state index contributed by atoms with van der Waals surface area (Å²) in [6.45, 7) is 1.93. The number of nitrogens with two attached hydrogens (primary N) is 1. The highest BCUT2D eigenvalue weighted by Gasteiger charge is 2.13. The molecular formula is C14H14ClNO. The summed E-state index contributed by atoms with van der Waals surface area (Å²) in [5.41, 5.74) is 8.85. The van der Waals surface area contributed by atoms with Crippen molar-refractivity contribution >= 4 is 17.3 Å². The Bertz CT molecular complexity index is 539. The lowest BCUT2D eigenvalue weighted by atomic mass is 9.99. The molecule has 2 rings (SSSR count). The van der Waals surface area contributed by atoms with Crippen LogP contribution in [0.5, 0.6) is 0 Å². The van der Waals surface area contributed by atoms with Gasteiger partial charge in [-0.2, -0.15) is 0 Å². The first kappa shape index (κ1) is 12.0. The molecule has 3 N–H and O–H groups in total. The summed E-state index contributed by atoms with van der Waals surface area (Å²) >= 11 is 6.04. The molecule has 0 saturated carbocycles. The number of aryl methyl sites for hydroxylation is 1. The van der Waals surface area contributed by atoms with Gasteiger partial charge in [0.05, 0.1) is 0 Å². The number of hydrogen-bond donors (Lipinski definition) is 2. The molecule has 0 saturated heterocycles. The van der Waals surface area contributed by atoms with Gasteiger partial charge < -0.3 is 10.8 Å². The Hall–Kier alpha value is -1.51. The maximum atomic E-state index is 10.2. The largest absolute Gasteiger partial charge is 0.398 e. The van der Waals surface area contributed by atoms with E-state index in [4.69, 9.17) is 17.3 Å². The summed E-state index contributed by atoms with van der Waals surface area (Å²) < 4.78 is 0. The molecule has 2 aromatic carbocycles. The number of hydrogen-bond acceptors (Lipinski definition) is 2. The lowest BCUT2D eigenvalue weighted by molar-refractivity contribution is 0.221. The van der Waals surface area contributed by atoms with E-state index in [-0.39, 0.29) is 0 Å². The molecule has 0 aromatic heterocycles. The Balaban J connectivity index is 2.40. The van der Waals surface area contributed by atoms with Crippen LogP contribution in [0.25, 0.3) is 0 Å². The molecule has 1 atom stereocenters. The zero-order valence-corrected chi connectivity index (χ0v) is 10.3. The first-order chi connectivity index (χ1) is 8.09. The number of aliphatic hydroxyl groups is 1. The predicted molar refractivity (Wildman–Crippen MR) is 71.1 cm³/mol. The molecule has 2 nitrogen and oxygen atoms in total. The van der Waals surface area contributed by atoms with Crippen molar-refractivity contribution in [1.82, 2.24) is 0 Å². The van der Waals surface area contributed by atoms with Gasteiger partial charge in [0, 0.05) is 16.3 Å². The molecule has 0 bridgehead atoms. The molecule has 0 fully saturated rings. The Morgan fingerprint density at radius 3 is 2.53 bits per heavy atom. The van der Waals surface area contributed by atoms with Crippen molar-refractivity contribution in [1.29, 1.82) is 0 Å². The highest BCUT2D eigenvalue weighted by atomic mass is 35.5. The molecule has 88 valence electrons.